The van der Waals surface area contributed by atoms with Gasteiger partial charge in [-0.15, -0.1) is 0 Å². The van der Waals surface area contributed by atoms with Gasteiger partial charge < -0.3 is 10.2 Å². The first-order valence-electron chi connectivity index (χ1n) is 9.05. The van der Waals surface area contributed by atoms with Gasteiger partial charge in [-0.2, -0.15) is 14.6 Å². The summed E-state index contributed by atoms with van der Waals surface area (Å²) in [5.74, 6) is 1.68. The molecule has 1 fully saturated rings. The largest absolute Gasteiger partial charge is 0.356 e. The minimum absolute atomic E-state index is 0.0120. The molecule has 1 amide bonds. The van der Waals surface area contributed by atoms with Crippen molar-refractivity contribution in [2.24, 2.45) is 5.92 Å². The van der Waals surface area contributed by atoms with Crippen molar-refractivity contribution in [3.05, 3.63) is 52.9 Å². The van der Waals surface area contributed by atoms with Crippen molar-refractivity contribution in [1.82, 2.24) is 24.9 Å². The zero-order valence-electron chi connectivity index (χ0n) is 15.1. The zero-order chi connectivity index (χ0) is 18.8. The first-order valence-corrected chi connectivity index (χ1v) is 9.43. The molecule has 0 saturated carbocycles. The van der Waals surface area contributed by atoms with E-state index in [1.54, 1.807) is 4.52 Å². The number of rotatable bonds is 4. The second-order valence-corrected chi connectivity index (χ2v) is 7.21. The number of hydrogen-bond donors (Lipinski definition) is 1. The van der Waals surface area contributed by atoms with Gasteiger partial charge in [0.2, 0.25) is 5.91 Å². The minimum atomic E-state index is 0.0120. The molecule has 7 nitrogen and oxygen atoms in total. The van der Waals surface area contributed by atoms with E-state index >= 15 is 0 Å². The van der Waals surface area contributed by atoms with Crippen LogP contribution < -0.4 is 10.2 Å². The molecule has 0 aliphatic carbocycles. The molecule has 0 atom stereocenters. The molecule has 1 aliphatic heterocycles. The number of hydrogen-bond acceptors (Lipinski definition) is 5. The monoisotopic (exact) mass is 384 g/mol. The highest BCUT2D eigenvalue weighted by atomic mass is 35.5. The van der Waals surface area contributed by atoms with Crippen molar-refractivity contribution < 1.29 is 4.79 Å². The fourth-order valence-electron chi connectivity index (χ4n) is 3.48. The van der Waals surface area contributed by atoms with E-state index in [0.29, 0.717) is 17.3 Å². The van der Waals surface area contributed by atoms with Gasteiger partial charge in [-0.1, -0.05) is 29.8 Å². The summed E-state index contributed by atoms with van der Waals surface area (Å²) in [6, 6.07) is 9.59. The number of fused-ring (bicyclic) bond motifs is 1. The van der Waals surface area contributed by atoms with Crippen LogP contribution in [0, 0.1) is 12.8 Å². The van der Waals surface area contributed by atoms with E-state index in [1.165, 1.54) is 6.33 Å². The lowest BCUT2D eigenvalue weighted by Crippen LogP contribution is -2.41. The summed E-state index contributed by atoms with van der Waals surface area (Å²) in [4.78, 5) is 23.3. The summed E-state index contributed by atoms with van der Waals surface area (Å²) >= 11 is 6.16. The molecule has 0 bridgehead atoms. The molecule has 8 heteroatoms. The number of amides is 1. The number of aromatic nitrogens is 4. The summed E-state index contributed by atoms with van der Waals surface area (Å²) in [6.45, 7) is 4.00. The number of nitrogens with zero attached hydrogens (tertiary/aromatic N) is 5. The summed E-state index contributed by atoms with van der Waals surface area (Å²) in [5, 5.41) is 7.97. The van der Waals surface area contributed by atoms with Gasteiger partial charge in [-0.3, -0.25) is 4.79 Å². The molecule has 0 unspecified atom stereocenters. The molecule has 27 heavy (non-hydrogen) atoms. The topological polar surface area (TPSA) is 75.4 Å². The Bertz CT molecular complexity index is 964. The number of carbonyl (C=O) groups is 1. The van der Waals surface area contributed by atoms with Crippen molar-refractivity contribution in [1.29, 1.82) is 0 Å². The average Bonchev–Trinajstić information content (AvgIpc) is 3.15. The number of nitrogens with one attached hydrogen (secondary N) is 1. The van der Waals surface area contributed by atoms with Gasteiger partial charge in [0.05, 0.1) is 0 Å². The molecule has 4 rings (SSSR count). The third kappa shape index (κ3) is 3.73. The first kappa shape index (κ1) is 17.7. The van der Waals surface area contributed by atoms with E-state index in [9.17, 15) is 4.79 Å². The molecule has 3 aromatic rings. The molecule has 1 aliphatic rings. The van der Waals surface area contributed by atoms with Gasteiger partial charge in [-0.25, -0.2) is 4.98 Å². The third-order valence-electron chi connectivity index (χ3n) is 4.96. The van der Waals surface area contributed by atoms with Crippen molar-refractivity contribution in [3.8, 4) is 0 Å². The second kappa shape index (κ2) is 7.52. The molecule has 0 spiro atoms. The molecule has 1 saturated heterocycles. The van der Waals surface area contributed by atoms with E-state index < -0.39 is 0 Å². The van der Waals surface area contributed by atoms with Crippen molar-refractivity contribution in [3.63, 3.8) is 0 Å². The summed E-state index contributed by atoms with van der Waals surface area (Å²) in [7, 11) is 0. The standard InChI is InChI=1S/C19H21ClN6O/c1-13-10-17(26-19(24-13)22-12-23-26)25-8-6-14(7-9-25)18(27)21-11-15-4-2-3-5-16(15)20/h2-5,10,12,14H,6-9,11H2,1H3,(H,21,27). The van der Waals surface area contributed by atoms with E-state index in [-0.39, 0.29) is 11.8 Å². The molecule has 3 heterocycles. The maximum Gasteiger partial charge on any atom is 0.254 e. The Morgan fingerprint density at radius 2 is 2.07 bits per heavy atom. The van der Waals surface area contributed by atoms with Crippen LogP contribution in [0.2, 0.25) is 5.02 Å². The minimum Gasteiger partial charge on any atom is -0.356 e. The Morgan fingerprint density at radius 1 is 1.30 bits per heavy atom. The number of piperidine rings is 1. The van der Waals surface area contributed by atoms with E-state index in [2.05, 4.69) is 25.3 Å². The van der Waals surface area contributed by atoms with Gasteiger partial charge in [-0.05, 0) is 31.4 Å². The molecular formula is C19H21ClN6O. The fourth-order valence-corrected chi connectivity index (χ4v) is 3.68. The van der Waals surface area contributed by atoms with E-state index in [1.807, 2.05) is 37.3 Å². The smallest absolute Gasteiger partial charge is 0.254 e. The van der Waals surface area contributed by atoms with Crippen LogP contribution in [0.5, 0.6) is 0 Å². The molecule has 1 aromatic carbocycles. The van der Waals surface area contributed by atoms with Crippen molar-refractivity contribution in [2.75, 3.05) is 18.0 Å². The van der Waals surface area contributed by atoms with E-state index in [0.717, 1.165) is 43.0 Å². The van der Waals surface area contributed by atoms with Crippen LogP contribution >= 0.6 is 11.6 Å². The molecular weight excluding hydrogens is 364 g/mol. The maximum absolute atomic E-state index is 12.5. The van der Waals surface area contributed by atoms with Crippen LogP contribution in [-0.4, -0.2) is 38.6 Å². The Balaban J connectivity index is 1.38. The van der Waals surface area contributed by atoms with Crippen molar-refractivity contribution in [2.45, 2.75) is 26.3 Å². The van der Waals surface area contributed by atoms with Gasteiger partial charge in [0, 0.05) is 42.3 Å². The SMILES string of the molecule is Cc1cc(N2CCC(C(=O)NCc3ccccc3Cl)CC2)n2ncnc2n1. The van der Waals surface area contributed by atoms with Crippen LogP contribution in [0.4, 0.5) is 5.82 Å². The summed E-state index contributed by atoms with van der Waals surface area (Å²) in [5.41, 5.74) is 1.84. The molecule has 1 N–H and O–H groups in total. The van der Waals surface area contributed by atoms with Crippen LogP contribution in [-0.2, 0) is 11.3 Å². The Labute approximate surface area is 162 Å². The number of carbonyl (C=O) groups excluding carboxylic acids is 1. The van der Waals surface area contributed by atoms with Gasteiger partial charge in [0.15, 0.2) is 0 Å². The van der Waals surface area contributed by atoms with Crippen LogP contribution in [0.3, 0.4) is 0 Å². The fraction of sp³-hybridized carbons (Fsp3) is 0.368. The zero-order valence-corrected chi connectivity index (χ0v) is 15.9. The molecule has 2 aromatic heterocycles. The van der Waals surface area contributed by atoms with Gasteiger partial charge >= 0.3 is 0 Å². The van der Waals surface area contributed by atoms with Gasteiger partial charge in [0.1, 0.15) is 12.1 Å². The normalized spacial score (nSPS) is 15.3. The highest BCUT2D eigenvalue weighted by Gasteiger charge is 2.26. The summed E-state index contributed by atoms with van der Waals surface area (Å²) in [6.07, 6.45) is 3.11. The number of aryl methyl sites for hydroxylation is 1. The van der Waals surface area contributed by atoms with Crippen LogP contribution in [0.1, 0.15) is 24.1 Å². The first-order chi connectivity index (χ1) is 13.1. The van der Waals surface area contributed by atoms with Crippen LogP contribution in [0.15, 0.2) is 36.7 Å². The lowest BCUT2D eigenvalue weighted by molar-refractivity contribution is -0.125. The average molecular weight is 385 g/mol. The molecule has 0 radical (unpaired) electrons. The Hall–Kier alpha value is -2.67. The number of anilines is 1. The second-order valence-electron chi connectivity index (χ2n) is 6.80. The number of benzene rings is 1. The maximum atomic E-state index is 12.5. The predicted octanol–water partition coefficient (Wildman–Crippen LogP) is 2.62. The predicted molar refractivity (Wildman–Crippen MR) is 104 cm³/mol. The quantitative estimate of drug-likeness (QED) is 0.748. The van der Waals surface area contributed by atoms with Crippen LogP contribution in [0.25, 0.3) is 5.78 Å². The Morgan fingerprint density at radius 3 is 2.85 bits per heavy atom. The highest BCUT2D eigenvalue weighted by Crippen LogP contribution is 2.24. The highest BCUT2D eigenvalue weighted by molar-refractivity contribution is 6.31. The lowest BCUT2D eigenvalue weighted by atomic mass is 9.95. The third-order valence-corrected chi connectivity index (χ3v) is 5.33. The number of halogens is 1. The van der Waals surface area contributed by atoms with Gasteiger partial charge in [0.25, 0.3) is 5.78 Å². The summed E-state index contributed by atoms with van der Waals surface area (Å²) < 4.78 is 1.75. The lowest BCUT2D eigenvalue weighted by Gasteiger charge is -2.32. The van der Waals surface area contributed by atoms with E-state index in [4.69, 9.17) is 11.6 Å². The van der Waals surface area contributed by atoms with Crippen molar-refractivity contribution >= 4 is 29.1 Å². The molecule has 140 valence electrons. The Kier molecular flexibility index (Phi) is 4.94.